The topological polar surface area (TPSA) is 133 Å². The van der Waals surface area contributed by atoms with Crippen molar-refractivity contribution in [3.05, 3.63) is 6.07 Å². The van der Waals surface area contributed by atoms with E-state index in [0.717, 1.165) is 11.8 Å². The molecule has 1 heterocycles. The SMILES string of the molecule is CCC(Sc1nc(N)cc(N)n1)C(=O)NC(CC(C)C)C(=O)OC. The second-order valence-corrected chi connectivity index (χ2v) is 6.90. The summed E-state index contributed by atoms with van der Waals surface area (Å²) in [5.74, 6) is -0.0105. The number of methoxy groups -OCH3 is 1. The molecule has 2 atom stereocenters. The third kappa shape index (κ3) is 6.23. The number of esters is 1. The van der Waals surface area contributed by atoms with Crippen LogP contribution in [0.2, 0.25) is 0 Å². The van der Waals surface area contributed by atoms with Crippen LogP contribution in [0.3, 0.4) is 0 Å². The molecule has 0 aliphatic rings. The smallest absolute Gasteiger partial charge is 0.328 e. The summed E-state index contributed by atoms with van der Waals surface area (Å²) in [6, 6.07) is 0.769. The van der Waals surface area contributed by atoms with Crippen LogP contribution in [0.15, 0.2) is 11.2 Å². The summed E-state index contributed by atoms with van der Waals surface area (Å²) in [5.41, 5.74) is 11.3. The van der Waals surface area contributed by atoms with E-state index in [1.165, 1.54) is 13.2 Å². The van der Waals surface area contributed by atoms with E-state index in [1.54, 1.807) is 0 Å². The highest BCUT2D eigenvalue weighted by molar-refractivity contribution is 8.00. The number of carbonyl (C=O) groups is 2. The van der Waals surface area contributed by atoms with E-state index in [2.05, 4.69) is 15.3 Å². The molecule has 0 radical (unpaired) electrons. The fourth-order valence-electron chi connectivity index (χ4n) is 2.06. The predicted molar refractivity (Wildman–Crippen MR) is 94.2 cm³/mol. The molecule has 0 aliphatic carbocycles. The molecule has 5 N–H and O–H groups in total. The fourth-order valence-corrected chi connectivity index (χ4v) is 2.97. The summed E-state index contributed by atoms with van der Waals surface area (Å²) in [6.07, 6.45) is 1.03. The Morgan fingerprint density at radius 3 is 2.33 bits per heavy atom. The molecule has 0 bridgehead atoms. The molecule has 0 saturated heterocycles. The molecule has 134 valence electrons. The number of ether oxygens (including phenoxy) is 1. The Morgan fingerprint density at radius 2 is 1.88 bits per heavy atom. The van der Waals surface area contributed by atoms with E-state index in [1.807, 2.05) is 20.8 Å². The van der Waals surface area contributed by atoms with Gasteiger partial charge in [0.15, 0.2) is 5.16 Å². The van der Waals surface area contributed by atoms with Gasteiger partial charge in [0.1, 0.15) is 17.7 Å². The van der Waals surface area contributed by atoms with E-state index < -0.39 is 17.3 Å². The van der Waals surface area contributed by atoms with Crippen molar-refractivity contribution in [2.45, 2.75) is 50.1 Å². The van der Waals surface area contributed by atoms with Crippen LogP contribution in [-0.4, -0.2) is 40.2 Å². The van der Waals surface area contributed by atoms with E-state index in [4.69, 9.17) is 16.2 Å². The van der Waals surface area contributed by atoms with Crippen LogP contribution >= 0.6 is 11.8 Å². The molecule has 9 heteroatoms. The normalized spacial score (nSPS) is 13.4. The number of rotatable bonds is 8. The Balaban J connectivity index is 2.82. The highest BCUT2D eigenvalue weighted by Crippen LogP contribution is 2.24. The van der Waals surface area contributed by atoms with Crippen LogP contribution in [-0.2, 0) is 14.3 Å². The molecule has 0 saturated carbocycles. The summed E-state index contributed by atoms with van der Waals surface area (Å²) in [5, 5.41) is 2.61. The molecule has 0 aromatic carbocycles. The van der Waals surface area contributed by atoms with E-state index in [9.17, 15) is 9.59 Å². The van der Waals surface area contributed by atoms with E-state index in [0.29, 0.717) is 18.0 Å². The minimum absolute atomic E-state index is 0.235. The maximum atomic E-state index is 12.5. The highest BCUT2D eigenvalue weighted by atomic mass is 32.2. The first kappa shape index (κ1) is 20.0. The third-order valence-corrected chi connectivity index (χ3v) is 4.39. The molecule has 2 unspecified atom stereocenters. The summed E-state index contributed by atoms with van der Waals surface area (Å²) in [4.78, 5) is 32.5. The number of nitrogens with one attached hydrogen (secondary N) is 1. The zero-order valence-electron chi connectivity index (χ0n) is 14.4. The van der Waals surface area contributed by atoms with Gasteiger partial charge in [0.2, 0.25) is 5.91 Å². The molecule has 1 rings (SSSR count). The van der Waals surface area contributed by atoms with Crippen molar-refractivity contribution in [2.75, 3.05) is 18.6 Å². The quantitative estimate of drug-likeness (QED) is 0.360. The van der Waals surface area contributed by atoms with Crippen LogP contribution in [0.4, 0.5) is 11.6 Å². The number of thioether (sulfide) groups is 1. The zero-order chi connectivity index (χ0) is 18.3. The largest absolute Gasteiger partial charge is 0.467 e. The van der Waals surface area contributed by atoms with Crippen molar-refractivity contribution in [2.24, 2.45) is 5.92 Å². The minimum Gasteiger partial charge on any atom is -0.467 e. The number of carbonyl (C=O) groups excluding carboxylic acids is 2. The maximum absolute atomic E-state index is 12.5. The first-order valence-electron chi connectivity index (χ1n) is 7.71. The lowest BCUT2D eigenvalue weighted by molar-refractivity contribution is -0.145. The molecular weight excluding hydrogens is 330 g/mol. The lowest BCUT2D eigenvalue weighted by Crippen LogP contribution is -2.45. The van der Waals surface area contributed by atoms with Gasteiger partial charge in [-0.05, 0) is 18.8 Å². The van der Waals surface area contributed by atoms with Gasteiger partial charge in [0, 0.05) is 6.07 Å². The monoisotopic (exact) mass is 355 g/mol. The Bertz CT molecular complexity index is 562. The average Bonchev–Trinajstić information content (AvgIpc) is 2.49. The summed E-state index contributed by atoms with van der Waals surface area (Å²) >= 11 is 1.16. The van der Waals surface area contributed by atoms with Gasteiger partial charge in [0.05, 0.1) is 12.4 Å². The van der Waals surface area contributed by atoms with Crippen LogP contribution in [0.1, 0.15) is 33.6 Å². The molecule has 1 aromatic heterocycles. The number of hydrogen-bond donors (Lipinski definition) is 3. The second-order valence-electron chi connectivity index (χ2n) is 5.73. The van der Waals surface area contributed by atoms with Crippen LogP contribution in [0.25, 0.3) is 0 Å². The predicted octanol–water partition coefficient (Wildman–Crippen LogP) is 1.22. The van der Waals surface area contributed by atoms with E-state index >= 15 is 0 Å². The molecule has 1 aromatic rings. The molecule has 0 aliphatic heterocycles. The number of hydrogen-bond acceptors (Lipinski definition) is 8. The lowest BCUT2D eigenvalue weighted by atomic mass is 10.0. The number of anilines is 2. The maximum Gasteiger partial charge on any atom is 0.328 e. The molecule has 8 nitrogen and oxygen atoms in total. The number of amides is 1. The van der Waals surface area contributed by atoms with Crippen molar-refractivity contribution >= 4 is 35.3 Å². The van der Waals surface area contributed by atoms with Gasteiger partial charge in [0.25, 0.3) is 0 Å². The van der Waals surface area contributed by atoms with Gasteiger partial charge in [-0.15, -0.1) is 0 Å². The Hall–Kier alpha value is -2.03. The first-order chi connectivity index (χ1) is 11.3. The molecule has 0 spiro atoms. The summed E-state index contributed by atoms with van der Waals surface area (Å²) < 4.78 is 4.76. The van der Waals surface area contributed by atoms with Crippen LogP contribution < -0.4 is 16.8 Å². The standard InChI is InChI=1S/C15H25N5O3S/c1-5-10(24-15-19-11(16)7-12(17)20-15)13(21)18-9(6-8(2)3)14(22)23-4/h7-10H,5-6H2,1-4H3,(H,18,21)(H4,16,17,19,20). The van der Waals surface area contributed by atoms with Crippen LogP contribution in [0, 0.1) is 5.92 Å². The van der Waals surface area contributed by atoms with Gasteiger partial charge in [-0.3, -0.25) is 4.79 Å². The van der Waals surface area contributed by atoms with Gasteiger partial charge < -0.3 is 21.5 Å². The number of nitrogens with zero attached hydrogens (tertiary/aromatic N) is 2. The highest BCUT2D eigenvalue weighted by Gasteiger charge is 2.27. The summed E-state index contributed by atoms with van der Waals surface area (Å²) in [6.45, 7) is 5.80. The van der Waals surface area contributed by atoms with Crippen molar-refractivity contribution in [1.29, 1.82) is 0 Å². The second kappa shape index (κ2) is 9.31. The van der Waals surface area contributed by atoms with Crippen molar-refractivity contribution < 1.29 is 14.3 Å². The lowest BCUT2D eigenvalue weighted by Gasteiger charge is -2.21. The molecule has 0 fully saturated rings. The Labute approximate surface area is 146 Å². The fraction of sp³-hybridized carbons (Fsp3) is 0.600. The zero-order valence-corrected chi connectivity index (χ0v) is 15.2. The molecule has 24 heavy (non-hydrogen) atoms. The van der Waals surface area contributed by atoms with Crippen molar-refractivity contribution in [1.82, 2.24) is 15.3 Å². The number of nitrogen functional groups attached to an aromatic ring is 2. The first-order valence-corrected chi connectivity index (χ1v) is 8.59. The summed E-state index contributed by atoms with van der Waals surface area (Å²) in [7, 11) is 1.30. The Kier molecular flexibility index (Phi) is 7.76. The van der Waals surface area contributed by atoms with E-state index in [-0.39, 0.29) is 23.5 Å². The minimum atomic E-state index is -0.677. The van der Waals surface area contributed by atoms with Gasteiger partial charge in [-0.1, -0.05) is 32.5 Å². The van der Waals surface area contributed by atoms with Gasteiger partial charge >= 0.3 is 5.97 Å². The number of aromatic nitrogens is 2. The third-order valence-electron chi connectivity index (χ3n) is 3.17. The van der Waals surface area contributed by atoms with Gasteiger partial charge in [-0.25, -0.2) is 14.8 Å². The Morgan fingerprint density at radius 1 is 1.29 bits per heavy atom. The van der Waals surface area contributed by atoms with Gasteiger partial charge in [-0.2, -0.15) is 0 Å². The van der Waals surface area contributed by atoms with Crippen molar-refractivity contribution in [3.8, 4) is 0 Å². The molecule has 1 amide bonds. The van der Waals surface area contributed by atoms with Crippen LogP contribution in [0.5, 0.6) is 0 Å². The van der Waals surface area contributed by atoms with Crippen molar-refractivity contribution in [3.63, 3.8) is 0 Å². The number of nitrogens with two attached hydrogens (primary N) is 2. The molecular formula is C15H25N5O3S. The average molecular weight is 355 g/mol.